The molecule has 1 saturated heterocycles. The highest BCUT2D eigenvalue weighted by Crippen LogP contribution is 2.31. The van der Waals surface area contributed by atoms with E-state index in [1.54, 1.807) is 26.3 Å². The molecule has 4 heterocycles. The number of nitrogens with zero attached hydrogens (tertiary/aromatic N) is 5. The minimum Gasteiger partial charge on any atom is -0.481 e. The summed E-state index contributed by atoms with van der Waals surface area (Å²) >= 11 is 5.97. The fourth-order valence-electron chi connectivity index (χ4n) is 4.55. The molecule has 4 aromatic rings. The zero-order valence-electron chi connectivity index (χ0n) is 20.2. The Morgan fingerprint density at radius 2 is 1.97 bits per heavy atom. The normalized spacial score (nSPS) is 17.9. The Kier molecular flexibility index (Phi) is 6.68. The molecule has 0 saturated carbocycles. The van der Waals surface area contributed by atoms with E-state index in [0.29, 0.717) is 54.5 Å². The molecule has 5 rings (SSSR count). The van der Waals surface area contributed by atoms with Crippen LogP contribution in [-0.4, -0.2) is 44.3 Å². The summed E-state index contributed by atoms with van der Waals surface area (Å²) < 4.78 is 27.5. The molecule has 0 spiro atoms. The molecule has 36 heavy (non-hydrogen) atoms. The number of fused-ring (bicyclic) bond motifs is 1. The largest absolute Gasteiger partial charge is 0.481 e. The number of hydrogen-bond donors (Lipinski definition) is 0. The van der Waals surface area contributed by atoms with Crippen molar-refractivity contribution < 1.29 is 13.9 Å². The average molecular weight is 510 g/mol. The molecule has 0 bridgehead atoms. The highest BCUT2D eigenvalue weighted by Gasteiger charge is 2.29. The fraction of sp³-hybridized carbons (Fsp3) is 0.346. The van der Waals surface area contributed by atoms with E-state index >= 15 is 4.39 Å². The lowest BCUT2D eigenvalue weighted by Crippen LogP contribution is -2.33. The van der Waals surface area contributed by atoms with Gasteiger partial charge in [0.15, 0.2) is 11.3 Å². The molecule has 3 aromatic heterocycles. The number of ether oxygens (including phenoxy) is 2. The smallest absolute Gasteiger partial charge is 0.278 e. The SMILES string of the molecule is COc1cc(CC2C[C@H](c3nc4nc(C)c(C)nc4n(-c4ccc(Cl)cc4F)c3=O)CCO2)ccn1. The van der Waals surface area contributed by atoms with Gasteiger partial charge in [0.1, 0.15) is 11.5 Å². The molecule has 1 aliphatic heterocycles. The molecule has 1 unspecified atom stereocenters. The third-order valence-corrected chi connectivity index (χ3v) is 6.74. The van der Waals surface area contributed by atoms with Crippen LogP contribution in [0.5, 0.6) is 5.88 Å². The lowest BCUT2D eigenvalue weighted by atomic mass is 9.90. The van der Waals surface area contributed by atoms with Crippen LogP contribution in [0.15, 0.2) is 41.3 Å². The van der Waals surface area contributed by atoms with Crippen molar-refractivity contribution in [2.75, 3.05) is 13.7 Å². The second-order valence-electron chi connectivity index (χ2n) is 8.90. The quantitative estimate of drug-likeness (QED) is 0.391. The Hall–Kier alpha value is -3.43. The maximum absolute atomic E-state index is 15.0. The Morgan fingerprint density at radius 1 is 1.17 bits per heavy atom. The van der Waals surface area contributed by atoms with Crippen LogP contribution in [0.25, 0.3) is 17.0 Å². The number of benzene rings is 1. The minimum absolute atomic E-state index is 0.0584. The monoisotopic (exact) mass is 509 g/mol. The summed E-state index contributed by atoms with van der Waals surface area (Å²) in [5.74, 6) is -0.276. The van der Waals surface area contributed by atoms with Crippen LogP contribution < -0.4 is 10.3 Å². The summed E-state index contributed by atoms with van der Waals surface area (Å²) in [6.07, 6.45) is 3.41. The average Bonchev–Trinajstić information content (AvgIpc) is 2.86. The third kappa shape index (κ3) is 4.68. The Bertz CT molecular complexity index is 1510. The van der Waals surface area contributed by atoms with Gasteiger partial charge in [0.25, 0.3) is 5.56 Å². The van der Waals surface area contributed by atoms with E-state index in [1.807, 2.05) is 19.1 Å². The van der Waals surface area contributed by atoms with Gasteiger partial charge in [0.2, 0.25) is 5.88 Å². The molecule has 2 atom stereocenters. The number of aryl methyl sites for hydroxylation is 2. The minimum atomic E-state index is -0.625. The lowest BCUT2D eigenvalue weighted by Gasteiger charge is -2.29. The Morgan fingerprint density at radius 3 is 2.75 bits per heavy atom. The van der Waals surface area contributed by atoms with Gasteiger partial charge in [-0.05, 0) is 62.9 Å². The van der Waals surface area contributed by atoms with Crippen molar-refractivity contribution in [1.29, 1.82) is 0 Å². The van der Waals surface area contributed by atoms with E-state index in [9.17, 15) is 4.79 Å². The molecule has 0 radical (unpaired) electrons. The van der Waals surface area contributed by atoms with Crippen LogP contribution in [0.3, 0.4) is 0 Å². The van der Waals surface area contributed by atoms with Gasteiger partial charge in [-0.3, -0.25) is 9.36 Å². The maximum atomic E-state index is 15.0. The number of hydrogen-bond acceptors (Lipinski definition) is 7. The maximum Gasteiger partial charge on any atom is 0.278 e. The van der Waals surface area contributed by atoms with E-state index in [2.05, 4.69) is 19.9 Å². The van der Waals surface area contributed by atoms with E-state index in [-0.39, 0.29) is 28.4 Å². The molecular weight excluding hydrogens is 485 g/mol. The molecule has 1 aliphatic rings. The zero-order chi connectivity index (χ0) is 25.4. The van der Waals surface area contributed by atoms with E-state index in [0.717, 1.165) is 5.56 Å². The van der Waals surface area contributed by atoms with Gasteiger partial charge < -0.3 is 9.47 Å². The summed E-state index contributed by atoms with van der Waals surface area (Å²) in [6.45, 7) is 4.10. The predicted octanol–water partition coefficient (Wildman–Crippen LogP) is 4.49. The van der Waals surface area contributed by atoms with Gasteiger partial charge in [-0.15, -0.1) is 0 Å². The molecule has 186 valence electrons. The van der Waals surface area contributed by atoms with E-state index in [4.69, 9.17) is 21.1 Å². The lowest BCUT2D eigenvalue weighted by molar-refractivity contribution is 0.00643. The first-order chi connectivity index (χ1) is 17.3. The van der Waals surface area contributed by atoms with Crippen molar-refractivity contribution >= 4 is 22.9 Å². The molecule has 0 aliphatic carbocycles. The number of rotatable bonds is 5. The van der Waals surface area contributed by atoms with Crippen molar-refractivity contribution in [1.82, 2.24) is 24.5 Å². The van der Waals surface area contributed by atoms with Crippen molar-refractivity contribution in [3.05, 3.63) is 80.4 Å². The number of aromatic nitrogens is 5. The number of methoxy groups -OCH3 is 1. The van der Waals surface area contributed by atoms with Gasteiger partial charge in [-0.2, -0.15) is 0 Å². The summed E-state index contributed by atoms with van der Waals surface area (Å²) in [7, 11) is 1.57. The first kappa shape index (κ1) is 24.3. The molecule has 10 heteroatoms. The third-order valence-electron chi connectivity index (χ3n) is 6.51. The second kappa shape index (κ2) is 9.91. The van der Waals surface area contributed by atoms with Crippen LogP contribution in [-0.2, 0) is 11.2 Å². The van der Waals surface area contributed by atoms with E-state index in [1.165, 1.54) is 16.7 Å². The summed E-state index contributed by atoms with van der Waals surface area (Å²) in [4.78, 5) is 31.8. The van der Waals surface area contributed by atoms with Crippen molar-refractivity contribution in [2.24, 2.45) is 0 Å². The highest BCUT2D eigenvalue weighted by molar-refractivity contribution is 6.30. The van der Waals surface area contributed by atoms with Crippen molar-refractivity contribution in [3.8, 4) is 11.6 Å². The number of halogens is 2. The summed E-state index contributed by atoms with van der Waals surface area (Å²) in [5, 5.41) is 0.237. The van der Waals surface area contributed by atoms with Crippen LogP contribution in [0.1, 0.15) is 41.4 Å². The highest BCUT2D eigenvalue weighted by atomic mass is 35.5. The van der Waals surface area contributed by atoms with Gasteiger partial charge in [0.05, 0.1) is 30.3 Å². The predicted molar refractivity (Wildman–Crippen MR) is 134 cm³/mol. The Labute approximate surface area is 212 Å². The molecule has 1 aromatic carbocycles. The summed E-state index contributed by atoms with van der Waals surface area (Å²) in [6, 6.07) is 7.99. The van der Waals surface area contributed by atoms with Gasteiger partial charge in [0, 0.05) is 29.8 Å². The van der Waals surface area contributed by atoms with Crippen LogP contribution in [0.4, 0.5) is 4.39 Å². The molecular formula is C26H25ClFN5O3. The summed E-state index contributed by atoms with van der Waals surface area (Å²) in [5.41, 5.74) is 2.83. The second-order valence-corrected chi connectivity index (χ2v) is 9.34. The van der Waals surface area contributed by atoms with Gasteiger partial charge in [-0.25, -0.2) is 24.3 Å². The Balaban J connectivity index is 1.58. The number of pyridine rings is 1. The van der Waals surface area contributed by atoms with Crippen LogP contribution in [0, 0.1) is 19.7 Å². The van der Waals surface area contributed by atoms with Crippen molar-refractivity contribution in [2.45, 2.75) is 45.1 Å². The van der Waals surface area contributed by atoms with Crippen LogP contribution in [0.2, 0.25) is 5.02 Å². The van der Waals surface area contributed by atoms with Gasteiger partial charge in [-0.1, -0.05) is 11.6 Å². The molecule has 8 nitrogen and oxygen atoms in total. The molecule has 0 N–H and O–H groups in total. The first-order valence-corrected chi connectivity index (χ1v) is 12.1. The first-order valence-electron chi connectivity index (χ1n) is 11.7. The fourth-order valence-corrected chi connectivity index (χ4v) is 4.71. The van der Waals surface area contributed by atoms with E-state index < -0.39 is 11.4 Å². The standard InChI is InChI=1S/C26H25ClFN5O3/c1-14-15(2)31-25-24(30-14)32-23(26(34)33(25)21-5-4-18(27)13-20(21)28)17-7-9-36-19(12-17)10-16-6-8-29-22(11-16)35-3/h4-6,8,11,13,17,19H,7,9-10,12H2,1-3H3/t17-,19?/m1/s1. The van der Waals surface area contributed by atoms with Crippen LogP contribution >= 0.6 is 11.6 Å². The molecule has 1 fully saturated rings. The van der Waals surface area contributed by atoms with Crippen molar-refractivity contribution in [3.63, 3.8) is 0 Å². The topological polar surface area (TPSA) is 92.0 Å². The zero-order valence-corrected chi connectivity index (χ0v) is 20.9. The molecule has 0 amide bonds. The van der Waals surface area contributed by atoms with Gasteiger partial charge >= 0.3 is 0 Å².